The number of rotatable bonds is 6. The zero-order valence-corrected chi connectivity index (χ0v) is 14.9. The molecule has 3 rings (SSSR count). The highest BCUT2D eigenvalue weighted by Gasteiger charge is 2.29. The Morgan fingerprint density at radius 1 is 1.29 bits per heavy atom. The van der Waals surface area contributed by atoms with Crippen LogP contribution in [0, 0.1) is 5.92 Å². The van der Waals surface area contributed by atoms with E-state index in [9.17, 15) is 8.42 Å². The molecular weight excluding hydrogens is 326 g/mol. The van der Waals surface area contributed by atoms with E-state index in [2.05, 4.69) is 22.0 Å². The average Bonchev–Trinajstić information content (AvgIpc) is 3.17. The van der Waals surface area contributed by atoms with Crippen LogP contribution in [0.25, 0.3) is 11.3 Å². The number of aryl methyl sites for hydroxylation is 1. The molecule has 1 atom stereocenters. The van der Waals surface area contributed by atoms with Crippen LogP contribution in [0.2, 0.25) is 0 Å². The summed E-state index contributed by atoms with van der Waals surface area (Å²) < 4.78 is 26.8. The maximum absolute atomic E-state index is 11.7. The molecule has 130 valence electrons. The van der Waals surface area contributed by atoms with Crippen LogP contribution >= 0.6 is 0 Å². The van der Waals surface area contributed by atoms with Crippen molar-refractivity contribution in [3.63, 3.8) is 0 Å². The molecule has 0 N–H and O–H groups in total. The van der Waals surface area contributed by atoms with Gasteiger partial charge in [0.2, 0.25) is 10.0 Å². The van der Waals surface area contributed by atoms with Gasteiger partial charge in [0.25, 0.3) is 0 Å². The molecular formula is C16H23N5O2S. The number of sulfonamides is 1. The van der Waals surface area contributed by atoms with Gasteiger partial charge < -0.3 is 0 Å². The predicted molar refractivity (Wildman–Crippen MR) is 91.8 cm³/mol. The number of hydrogen-bond acceptors (Lipinski definition) is 5. The van der Waals surface area contributed by atoms with E-state index < -0.39 is 10.0 Å². The summed E-state index contributed by atoms with van der Waals surface area (Å²) in [6, 6.07) is 0. The van der Waals surface area contributed by atoms with Crippen LogP contribution in [-0.4, -0.2) is 51.8 Å². The van der Waals surface area contributed by atoms with Gasteiger partial charge in [-0.15, -0.1) is 0 Å². The summed E-state index contributed by atoms with van der Waals surface area (Å²) in [6.07, 6.45) is 11.1. The molecule has 7 nitrogen and oxygen atoms in total. The topological polar surface area (TPSA) is 81.0 Å². The third-order valence-electron chi connectivity index (χ3n) is 4.33. The highest BCUT2D eigenvalue weighted by atomic mass is 32.2. The predicted octanol–water partition coefficient (Wildman–Crippen LogP) is 1.57. The van der Waals surface area contributed by atoms with E-state index in [0.717, 1.165) is 42.8 Å². The molecule has 1 aliphatic rings. The van der Waals surface area contributed by atoms with Gasteiger partial charge in [0, 0.05) is 43.8 Å². The number of hydrogen-bond donors (Lipinski definition) is 0. The van der Waals surface area contributed by atoms with Gasteiger partial charge >= 0.3 is 0 Å². The molecule has 1 unspecified atom stereocenters. The van der Waals surface area contributed by atoms with Crippen molar-refractivity contribution in [3.05, 3.63) is 30.5 Å². The van der Waals surface area contributed by atoms with Crippen molar-refractivity contribution in [2.24, 2.45) is 5.92 Å². The third-order valence-corrected chi connectivity index (χ3v) is 5.60. The molecule has 0 bridgehead atoms. The van der Waals surface area contributed by atoms with Gasteiger partial charge in [-0.05, 0) is 25.2 Å². The zero-order chi connectivity index (χ0) is 17.2. The maximum atomic E-state index is 11.7. The first-order chi connectivity index (χ1) is 11.5. The van der Waals surface area contributed by atoms with E-state index in [1.807, 2.05) is 17.1 Å². The van der Waals surface area contributed by atoms with Crippen LogP contribution in [0.1, 0.15) is 25.5 Å². The van der Waals surface area contributed by atoms with Crippen LogP contribution in [-0.2, 0) is 23.0 Å². The Balaban J connectivity index is 1.77. The fraction of sp³-hybridized carbons (Fsp3) is 0.562. The van der Waals surface area contributed by atoms with Crippen LogP contribution in [0.15, 0.2) is 24.8 Å². The molecule has 0 radical (unpaired) electrons. The minimum atomic E-state index is -3.11. The lowest BCUT2D eigenvalue weighted by atomic mass is 10.00. The summed E-state index contributed by atoms with van der Waals surface area (Å²) in [6.45, 7) is 4.14. The Morgan fingerprint density at radius 2 is 2.08 bits per heavy atom. The molecule has 8 heteroatoms. The summed E-state index contributed by atoms with van der Waals surface area (Å²) in [7, 11) is -3.11. The minimum absolute atomic E-state index is 0.279. The summed E-state index contributed by atoms with van der Waals surface area (Å²) in [4.78, 5) is 8.98. The lowest BCUT2D eigenvalue weighted by molar-refractivity contribution is 0.459. The quantitative estimate of drug-likeness (QED) is 0.791. The molecule has 2 aromatic heterocycles. The molecule has 1 aliphatic heterocycles. The molecule has 2 aromatic rings. The van der Waals surface area contributed by atoms with Crippen molar-refractivity contribution in [1.82, 2.24) is 24.1 Å². The Hall–Kier alpha value is -1.80. The van der Waals surface area contributed by atoms with Crippen LogP contribution < -0.4 is 0 Å². The van der Waals surface area contributed by atoms with Crippen molar-refractivity contribution < 1.29 is 8.42 Å². The summed E-state index contributed by atoms with van der Waals surface area (Å²) in [5, 5.41) is 4.36. The maximum Gasteiger partial charge on any atom is 0.211 e. The van der Waals surface area contributed by atoms with E-state index in [-0.39, 0.29) is 5.92 Å². The first-order valence-electron chi connectivity index (χ1n) is 8.25. The standard InChI is InChI=1S/C16H23N5O2S/c1-3-7-20-12-14(10-19-20)16-15(17-5-6-18-16)9-13-4-8-21(11-13)24(2,22)23/h5-6,10,12-13H,3-4,7-9,11H2,1-2H3. The Kier molecular flexibility index (Phi) is 4.96. The second-order valence-electron chi connectivity index (χ2n) is 6.32. The van der Waals surface area contributed by atoms with Gasteiger partial charge in [0.05, 0.1) is 23.8 Å². The molecule has 1 saturated heterocycles. The summed E-state index contributed by atoms with van der Waals surface area (Å²) >= 11 is 0. The van der Waals surface area contributed by atoms with Crippen LogP contribution in [0.3, 0.4) is 0 Å². The second-order valence-corrected chi connectivity index (χ2v) is 8.31. The first-order valence-corrected chi connectivity index (χ1v) is 10.1. The van der Waals surface area contributed by atoms with E-state index in [0.29, 0.717) is 13.1 Å². The number of nitrogens with zero attached hydrogens (tertiary/aromatic N) is 5. The monoisotopic (exact) mass is 349 g/mol. The van der Waals surface area contributed by atoms with Gasteiger partial charge in [0.15, 0.2) is 0 Å². The molecule has 24 heavy (non-hydrogen) atoms. The van der Waals surface area contributed by atoms with Gasteiger partial charge in [-0.25, -0.2) is 12.7 Å². The van der Waals surface area contributed by atoms with Gasteiger partial charge in [-0.2, -0.15) is 5.10 Å². The van der Waals surface area contributed by atoms with Crippen molar-refractivity contribution in [3.8, 4) is 11.3 Å². The van der Waals surface area contributed by atoms with Gasteiger partial charge in [0.1, 0.15) is 0 Å². The average molecular weight is 349 g/mol. The van der Waals surface area contributed by atoms with E-state index in [4.69, 9.17) is 0 Å². The number of aromatic nitrogens is 4. The van der Waals surface area contributed by atoms with Crippen molar-refractivity contribution >= 4 is 10.0 Å². The van der Waals surface area contributed by atoms with Crippen molar-refractivity contribution in [2.45, 2.75) is 32.7 Å². The van der Waals surface area contributed by atoms with Crippen molar-refractivity contribution in [2.75, 3.05) is 19.3 Å². The van der Waals surface area contributed by atoms with Crippen molar-refractivity contribution in [1.29, 1.82) is 0 Å². The highest BCUT2D eigenvalue weighted by molar-refractivity contribution is 7.88. The third kappa shape index (κ3) is 3.81. The Labute approximate surface area is 142 Å². The SMILES string of the molecule is CCCn1cc(-c2nccnc2CC2CCN(S(C)(=O)=O)C2)cn1. The lowest BCUT2D eigenvalue weighted by Gasteiger charge is -2.14. The molecule has 0 amide bonds. The molecule has 0 saturated carbocycles. The molecule has 3 heterocycles. The van der Waals surface area contributed by atoms with E-state index in [1.54, 1.807) is 16.7 Å². The molecule has 0 aromatic carbocycles. The Morgan fingerprint density at radius 3 is 2.79 bits per heavy atom. The smallest absolute Gasteiger partial charge is 0.211 e. The van der Waals surface area contributed by atoms with Crippen LogP contribution in [0.4, 0.5) is 0 Å². The summed E-state index contributed by atoms with van der Waals surface area (Å²) in [5.41, 5.74) is 2.72. The zero-order valence-electron chi connectivity index (χ0n) is 14.1. The van der Waals surface area contributed by atoms with Crippen LogP contribution in [0.5, 0.6) is 0 Å². The lowest BCUT2D eigenvalue weighted by Crippen LogP contribution is -2.27. The largest absolute Gasteiger partial charge is 0.272 e. The minimum Gasteiger partial charge on any atom is -0.272 e. The van der Waals surface area contributed by atoms with E-state index >= 15 is 0 Å². The second kappa shape index (κ2) is 6.98. The fourth-order valence-corrected chi connectivity index (χ4v) is 4.05. The van der Waals surface area contributed by atoms with Gasteiger partial charge in [-0.3, -0.25) is 14.6 Å². The van der Waals surface area contributed by atoms with E-state index in [1.165, 1.54) is 6.26 Å². The highest BCUT2D eigenvalue weighted by Crippen LogP contribution is 2.26. The fourth-order valence-electron chi connectivity index (χ4n) is 3.13. The van der Waals surface area contributed by atoms with Gasteiger partial charge in [-0.1, -0.05) is 6.92 Å². The molecule has 0 aliphatic carbocycles. The first kappa shape index (κ1) is 17.0. The Bertz CT molecular complexity index is 802. The molecule has 1 fully saturated rings. The normalized spacial score (nSPS) is 19.0. The summed E-state index contributed by atoms with van der Waals surface area (Å²) in [5.74, 6) is 0.279. The molecule has 0 spiro atoms.